The summed E-state index contributed by atoms with van der Waals surface area (Å²) in [6, 6.07) is 14.9. The Balaban J connectivity index is 1.57. The molecule has 0 saturated carbocycles. The molecular weight excluding hydrogens is 382 g/mol. The van der Waals surface area contributed by atoms with Crippen LogP contribution in [-0.4, -0.2) is 15.2 Å². The van der Waals surface area contributed by atoms with Crippen LogP contribution in [0, 0.1) is 0 Å². The van der Waals surface area contributed by atoms with Gasteiger partial charge in [0.25, 0.3) is 0 Å². The molecule has 0 saturated heterocycles. The number of nitrogens with zero attached hydrogens (tertiary/aromatic N) is 2. The first-order valence-electron chi connectivity index (χ1n) is 8.49. The Labute approximate surface area is 164 Å². The molecule has 4 rings (SSSR count). The van der Waals surface area contributed by atoms with Crippen molar-refractivity contribution in [3.05, 3.63) is 75.1 Å². The molecule has 136 valence electrons. The molecule has 0 amide bonds. The largest absolute Gasteiger partial charge is 0.423 e. The summed E-state index contributed by atoms with van der Waals surface area (Å²) in [5, 5.41) is 9.42. The highest BCUT2D eigenvalue weighted by atomic mass is 35.5. The molecular formula is C20H16ClN3O2S. The molecule has 2 aromatic carbocycles. The molecule has 0 aliphatic carbocycles. The van der Waals surface area contributed by atoms with Crippen molar-refractivity contribution in [2.24, 2.45) is 0 Å². The number of H-pyrrole nitrogens is 1. The Bertz CT molecular complexity index is 1150. The lowest BCUT2D eigenvalue weighted by Crippen LogP contribution is -2.00. The summed E-state index contributed by atoms with van der Waals surface area (Å²) in [5.74, 6) is 1.25. The van der Waals surface area contributed by atoms with Crippen LogP contribution < -0.4 is 5.63 Å². The van der Waals surface area contributed by atoms with Crippen molar-refractivity contribution in [1.82, 2.24) is 15.2 Å². The Morgan fingerprint density at radius 2 is 1.96 bits per heavy atom. The number of rotatable bonds is 5. The molecule has 7 heteroatoms. The summed E-state index contributed by atoms with van der Waals surface area (Å²) in [6.45, 7) is 2.07. The average Bonchev–Trinajstić information content (AvgIpc) is 3.15. The van der Waals surface area contributed by atoms with Crippen molar-refractivity contribution >= 4 is 34.3 Å². The molecule has 0 radical (unpaired) electrons. The van der Waals surface area contributed by atoms with Crippen molar-refractivity contribution in [2.45, 2.75) is 24.3 Å². The first kappa shape index (κ1) is 17.8. The zero-order chi connectivity index (χ0) is 18.8. The van der Waals surface area contributed by atoms with E-state index in [9.17, 15) is 4.79 Å². The molecule has 0 atom stereocenters. The van der Waals surface area contributed by atoms with Gasteiger partial charge in [-0.15, -0.1) is 5.10 Å². The van der Waals surface area contributed by atoms with Gasteiger partial charge in [-0.2, -0.15) is 0 Å². The van der Waals surface area contributed by atoms with Crippen LogP contribution in [0.25, 0.3) is 22.4 Å². The number of halogens is 1. The minimum Gasteiger partial charge on any atom is -0.423 e. The third-order valence-corrected chi connectivity index (χ3v) is 5.39. The predicted octanol–water partition coefficient (Wildman–Crippen LogP) is 5.09. The van der Waals surface area contributed by atoms with E-state index < -0.39 is 0 Å². The van der Waals surface area contributed by atoms with Crippen LogP contribution in [0.3, 0.4) is 0 Å². The van der Waals surface area contributed by atoms with Crippen LogP contribution in [0.1, 0.15) is 18.1 Å². The lowest BCUT2D eigenvalue weighted by atomic mass is 10.1. The van der Waals surface area contributed by atoms with E-state index in [0.29, 0.717) is 27.3 Å². The molecule has 2 aromatic heterocycles. The first-order chi connectivity index (χ1) is 13.1. The van der Waals surface area contributed by atoms with Gasteiger partial charge in [-0.05, 0) is 47.9 Å². The Morgan fingerprint density at radius 1 is 1.15 bits per heavy atom. The molecule has 2 heterocycles. The van der Waals surface area contributed by atoms with E-state index in [1.54, 1.807) is 0 Å². The molecule has 0 spiro atoms. The van der Waals surface area contributed by atoms with Gasteiger partial charge >= 0.3 is 5.63 Å². The standard InChI is InChI=1S/C20H16ClN3O2S/c1-2-12-3-8-16-14(10-18(25)26-17(16)9-12)11-27-20-22-19(23-24-20)13-4-6-15(21)7-5-13/h3-10H,2,11H2,1H3,(H,22,23,24). The first-order valence-corrected chi connectivity index (χ1v) is 9.85. The molecule has 4 aromatic rings. The van der Waals surface area contributed by atoms with E-state index in [1.807, 2.05) is 36.4 Å². The Kier molecular flexibility index (Phi) is 5.01. The van der Waals surface area contributed by atoms with Gasteiger partial charge < -0.3 is 4.42 Å². The van der Waals surface area contributed by atoms with Crippen LogP contribution in [0.4, 0.5) is 0 Å². The van der Waals surface area contributed by atoms with E-state index in [2.05, 4.69) is 28.2 Å². The van der Waals surface area contributed by atoms with Gasteiger partial charge in [0.1, 0.15) is 5.58 Å². The van der Waals surface area contributed by atoms with E-state index in [-0.39, 0.29) is 5.63 Å². The predicted molar refractivity (Wildman–Crippen MR) is 108 cm³/mol. The average molecular weight is 398 g/mol. The van der Waals surface area contributed by atoms with Crippen molar-refractivity contribution in [3.63, 3.8) is 0 Å². The van der Waals surface area contributed by atoms with E-state index >= 15 is 0 Å². The summed E-state index contributed by atoms with van der Waals surface area (Å²) in [7, 11) is 0. The summed E-state index contributed by atoms with van der Waals surface area (Å²) in [6.07, 6.45) is 0.892. The molecule has 27 heavy (non-hydrogen) atoms. The minimum absolute atomic E-state index is 0.344. The van der Waals surface area contributed by atoms with Crippen molar-refractivity contribution in [2.75, 3.05) is 0 Å². The van der Waals surface area contributed by atoms with Gasteiger partial charge in [0.05, 0.1) is 0 Å². The normalized spacial score (nSPS) is 11.2. The number of benzene rings is 2. The number of thioether (sulfide) groups is 1. The minimum atomic E-state index is -0.344. The van der Waals surface area contributed by atoms with Crippen LogP contribution in [0.15, 0.2) is 62.9 Å². The highest BCUT2D eigenvalue weighted by Crippen LogP contribution is 2.27. The molecule has 1 N–H and O–H groups in total. The third-order valence-electron chi connectivity index (χ3n) is 4.24. The van der Waals surface area contributed by atoms with Gasteiger partial charge in [0.15, 0.2) is 5.82 Å². The van der Waals surface area contributed by atoms with Gasteiger partial charge in [-0.3, -0.25) is 5.10 Å². The summed E-state index contributed by atoms with van der Waals surface area (Å²) in [4.78, 5) is 16.4. The molecule has 0 fully saturated rings. The maximum atomic E-state index is 11.9. The quantitative estimate of drug-likeness (QED) is 0.375. The fourth-order valence-corrected chi connectivity index (χ4v) is 3.72. The van der Waals surface area contributed by atoms with Crippen LogP contribution >= 0.6 is 23.4 Å². The van der Waals surface area contributed by atoms with E-state index in [4.69, 9.17) is 16.0 Å². The highest BCUT2D eigenvalue weighted by molar-refractivity contribution is 7.98. The summed E-state index contributed by atoms with van der Waals surface area (Å²) >= 11 is 7.38. The van der Waals surface area contributed by atoms with E-state index in [1.165, 1.54) is 17.8 Å². The SMILES string of the molecule is CCc1ccc2c(CSc3n[nH]c(-c4ccc(Cl)cc4)n3)cc(=O)oc2c1. The molecule has 0 bridgehead atoms. The monoisotopic (exact) mass is 397 g/mol. The highest BCUT2D eigenvalue weighted by Gasteiger charge is 2.10. The van der Waals surface area contributed by atoms with Crippen LogP contribution in [0.2, 0.25) is 5.02 Å². The van der Waals surface area contributed by atoms with Crippen molar-refractivity contribution in [3.8, 4) is 11.4 Å². The number of hydrogen-bond acceptors (Lipinski definition) is 5. The lowest BCUT2D eigenvalue weighted by molar-refractivity contribution is 0.559. The van der Waals surface area contributed by atoms with Gasteiger partial charge in [0.2, 0.25) is 5.16 Å². The molecule has 5 nitrogen and oxygen atoms in total. The molecule has 0 aliphatic rings. The second-order valence-corrected chi connectivity index (χ2v) is 7.42. The number of hydrogen-bond donors (Lipinski definition) is 1. The van der Waals surface area contributed by atoms with Crippen molar-refractivity contribution < 1.29 is 4.42 Å². The maximum Gasteiger partial charge on any atom is 0.336 e. The summed E-state index contributed by atoms with van der Waals surface area (Å²) in [5.41, 5.74) is 3.23. The third kappa shape index (κ3) is 3.91. The van der Waals surface area contributed by atoms with Crippen LogP contribution in [-0.2, 0) is 12.2 Å². The second kappa shape index (κ2) is 7.58. The molecule has 0 aliphatic heterocycles. The zero-order valence-electron chi connectivity index (χ0n) is 14.5. The van der Waals surface area contributed by atoms with Gasteiger partial charge in [-0.1, -0.05) is 42.4 Å². The number of aromatic amines is 1. The fourth-order valence-electron chi connectivity index (χ4n) is 2.80. The lowest BCUT2D eigenvalue weighted by Gasteiger charge is -2.05. The second-order valence-electron chi connectivity index (χ2n) is 6.04. The number of aromatic nitrogens is 3. The fraction of sp³-hybridized carbons (Fsp3) is 0.150. The van der Waals surface area contributed by atoms with Crippen LogP contribution in [0.5, 0.6) is 0 Å². The zero-order valence-corrected chi connectivity index (χ0v) is 16.1. The van der Waals surface area contributed by atoms with Gasteiger partial charge in [-0.25, -0.2) is 9.78 Å². The Morgan fingerprint density at radius 3 is 2.74 bits per heavy atom. The number of fused-ring (bicyclic) bond motifs is 1. The smallest absolute Gasteiger partial charge is 0.336 e. The van der Waals surface area contributed by atoms with Gasteiger partial charge in [0, 0.05) is 27.8 Å². The number of aryl methyl sites for hydroxylation is 1. The number of nitrogens with one attached hydrogen (secondary N) is 1. The van der Waals surface area contributed by atoms with E-state index in [0.717, 1.165) is 28.5 Å². The summed E-state index contributed by atoms with van der Waals surface area (Å²) < 4.78 is 5.36. The Hall–Kier alpha value is -2.57. The topological polar surface area (TPSA) is 71.8 Å². The maximum absolute atomic E-state index is 11.9. The molecule has 0 unspecified atom stereocenters. The van der Waals surface area contributed by atoms with Crippen molar-refractivity contribution in [1.29, 1.82) is 0 Å².